The lowest BCUT2D eigenvalue weighted by Gasteiger charge is -2.31. The summed E-state index contributed by atoms with van der Waals surface area (Å²) in [6, 6.07) is 7.66. The second kappa shape index (κ2) is 6.68. The number of fused-ring (bicyclic) bond motifs is 1. The normalized spacial score (nSPS) is 16.0. The van der Waals surface area contributed by atoms with Gasteiger partial charge in [-0.25, -0.2) is 0 Å². The van der Waals surface area contributed by atoms with Crippen molar-refractivity contribution in [1.82, 2.24) is 0 Å². The molecule has 4 heteroatoms. The zero-order valence-electron chi connectivity index (χ0n) is 11.5. The number of rotatable bonds is 5. The first kappa shape index (κ1) is 14.0. The largest absolute Gasteiger partial charge is 0.385 e. The number of ether oxygens (including phenoxy) is 1. The minimum Gasteiger partial charge on any atom is -0.385 e. The monoisotopic (exact) mass is 262 g/mol. The van der Waals surface area contributed by atoms with Gasteiger partial charge < -0.3 is 15.4 Å². The molecule has 0 saturated heterocycles. The summed E-state index contributed by atoms with van der Waals surface area (Å²) in [5.41, 5.74) is 8.27. The quantitative estimate of drug-likeness (QED) is 0.822. The van der Waals surface area contributed by atoms with Crippen molar-refractivity contribution in [3.8, 4) is 0 Å². The van der Waals surface area contributed by atoms with E-state index in [-0.39, 0.29) is 5.91 Å². The highest BCUT2D eigenvalue weighted by molar-refractivity contribution is 5.98. The van der Waals surface area contributed by atoms with Crippen molar-refractivity contribution in [2.75, 3.05) is 25.2 Å². The molecule has 1 aromatic rings. The first-order valence-electron chi connectivity index (χ1n) is 6.88. The van der Waals surface area contributed by atoms with Crippen LogP contribution >= 0.6 is 0 Å². The van der Waals surface area contributed by atoms with E-state index in [1.54, 1.807) is 7.11 Å². The van der Waals surface area contributed by atoms with Gasteiger partial charge >= 0.3 is 0 Å². The minimum absolute atomic E-state index is 0.0308. The minimum atomic E-state index is -0.429. The molecule has 2 rings (SSSR count). The topological polar surface area (TPSA) is 55.6 Å². The van der Waals surface area contributed by atoms with Crippen LogP contribution in [0.2, 0.25) is 0 Å². The molecule has 0 fully saturated rings. The summed E-state index contributed by atoms with van der Waals surface area (Å²) < 4.78 is 4.99. The molecular weight excluding hydrogens is 240 g/mol. The van der Waals surface area contributed by atoms with Crippen molar-refractivity contribution >= 4 is 11.6 Å². The fourth-order valence-electron chi connectivity index (χ4n) is 2.53. The molecule has 104 valence electrons. The molecular formula is C15H22N2O2. The molecule has 0 saturated carbocycles. The Bertz CT molecular complexity index is 434. The van der Waals surface area contributed by atoms with Crippen molar-refractivity contribution in [3.63, 3.8) is 0 Å². The Kier molecular flexibility index (Phi) is 4.93. The molecule has 0 bridgehead atoms. The predicted molar refractivity (Wildman–Crippen MR) is 76.2 cm³/mol. The summed E-state index contributed by atoms with van der Waals surface area (Å²) in [6.07, 6.45) is 3.54. The molecule has 0 aromatic heterocycles. The molecule has 1 heterocycles. The van der Waals surface area contributed by atoms with E-state index in [0.29, 0.717) is 13.0 Å². The molecule has 1 amide bonds. The summed E-state index contributed by atoms with van der Waals surface area (Å²) >= 11 is 0. The van der Waals surface area contributed by atoms with Gasteiger partial charge in [0.1, 0.15) is 0 Å². The van der Waals surface area contributed by atoms with Crippen LogP contribution in [0, 0.1) is 0 Å². The first-order valence-corrected chi connectivity index (χ1v) is 6.88. The van der Waals surface area contributed by atoms with E-state index < -0.39 is 6.04 Å². The molecule has 1 aliphatic heterocycles. The third kappa shape index (κ3) is 3.33. The number of hydrogen-bond acceptors (Lipinski definition) is 3. The number of nitrogens with two attached hydrogens (primary N) is 1. The van der Waals surface area contributed by atoms with E-state index >= 15 is 0 Å². The summed E-state index contributed by atoms with van der Waals surface area (Å²) in [6.45, 7) is 1.42. The Hall–Kier alpha value is -1.39. The molecule has 0 aliphatic carbocycles. The Morgan fingerprint density at radius 1 is 1.47 bits per heavy atom. The summed E-state index contributed by atoms with van der Waals surface area (Å²) in [7, 11) is 1.66. The molecule has 0 radical (unpaired) electrons. The van der Waals surface area contributed by atoms with Crippen molar-refractivity contribution in [3.05, 3.63) is 29.8 Å². The fraction of sp³-hybridized carbons (Fsp3) is 0.533. The summed E-state index contributed by atoms with van der Waals surface area (Å²) in [4.78, 5) is 14.3. The van der Waals surface area contributed by atoms with Gasteiger partial charge in [-0.2, -0.15) is 0 Å². The van der Waals surface area contributed by atoms with Gasteiger partial charge in [-0.3, -0.25) is 4.79 Å². The maximum absolute atomic E-state index is 12.4. The Balaban J connectivity index is 2.04. The highest BCUT2D eigenvalue weighted by atomic mass is 16.5. The fourth-order valence-corrected chi connectivity index (χ4v) is 2.53. The lowest BCUT2D eigenvalue weighted by molar-refractivity contribution is -0.120. The van der Waals surface area contributed by atoms with Gasteiger partial charge in [-0.05, 0) is 37.3 Å². The van der Waals surface area contributed by atoms with E-state index in [9.17, 15) is 4.79 Å². The molecule has 19 heavy (non-hydrogen) atoms. The maximum Gasteiger partial charge on any atom is 0.243 e. The number of para-hydroxylation sites is 1. The predicted octanol–water partition coefficient (Wildman–Crippen LogP) is 1.72. The van der Waals surface area contributed by atoms with Crippen LogP contribution in [0.5, 0.6) is 0 Å². The van der Waals surface area contributed by atoms with Crippen LogP contribution in [0.4, 0.5) is 5.69 Å². The van der Waals surface area contributed by atoms with Crippen molar-refractivity contribution in [2.45, 2.75) is 31.7 Å². The second-order valence-electron chi connectivity index (χ2n) is 4.96. The van der Waals surface area contributed by atoms with Crippen molar-refractivity contribution in [2.24, 2.45) is 5.73 Å². The average Bonchev–Trinajstić information content (AvgIpc) is 2.46. The summed E-state index contributed by atoms with van der Waals surface area (Å²) in [5, 5.41) is 0. The maximum atomic E-state index is 12.4. The average molecular weight is 262 g/mol. The zero-order valence-corrected chi connectivity index (χ0v) is 11.5. The van der Waals surface area contributed by atoms with Crippen LogP contribution < -0.4 is 10.6 Å². The van der Waals surface area contributed by atoms with Gasteiger partial charge in [0.05, 0.1) is 6.04 Å². The number of anilines is 1. The van der Waals surface area contributed by atoms with Crippen LogP contribution in [0.25, 0.3) is 0 Å². The second-order valence-corrected chi connectivity index (χ2v) is 4.96. The van der Waals surface area contributed by atoms with Crippen molar-refractivity contribution in [1.29, 1.82) is 0 Å². The molecule has 1 aromatic carbocycles. The number of hydrogen-bond donors (Lipinski definition) is 1. The van der Waals surface area contributed by atoms with Gasteiger partial charge in [-0.15, -0.1) is 0 Å². The van der Waals surface area contributed by atoms with E-state index in [2.05, 4.69) is 6.07 Å². The number of carbonyl (C=O) groups excluding carboxylic acids is 1. The molecule has 4 nitrogen and oxygen atoms in total. The highest BCUT2D eigenvalue weighted by Gasteiger charge is 2.25. The first-order chi connectivity index (χ1) is 9.24. The van der Waals surface area contributed by atoms with Gasteiger partial charge in [0.25, 0.3) is 0 Å². The molecule has 2 N–H and O–H groups in total. The Morgan fingerprint density at radius 3 is 3.05 bits per heavy atom. The number of nitrogens with zero attached hydrogens (tertiary/aromatic N) is 1. The number of benzene rings is 1. The number of methoxy groups -OCH3 is 1. The number of aryl methyl sites for hydroxylation is 1. The standard InChI is InChI=1S/C15H22N2O2/c1-19-11-5-8-13(16)15(18)17-10-4-7-12-6-2-3-9-14(12)17/h2-3,6,9,13H,4-5,7-8,10-11,16H2,1H3. The lowest BCUT2D eigenvalue weighted by atomic mass is 10.0. The van der Waals surface area contributed by atoms with Gasteiger partial charge in [0.15, 0.2) is 0 Å². The molecule has 1 atom stereocenters. The van der Waals surface area contributed by atoms with Gasteiger partial charge in [0, 0.05) is 25.9 Å². The zero-order chi connectivity index (χ0) is 13.7. The van der Waals surface area contributed by atoms with E-state index in [1.165, 1.54) is 5.56 Å². The van der Waals surface area contributed by atoms with Crippen molar-refractivity contribution < 1.29 is 9.53 Å². The van der Waals surface area contributed by atoms with E-state index in [1.807, 2.05) is 23.1 Å². The lowest BCUT2D eigenvalue weighted by Crippen LogP contribution is -2.46. The van der Waals surface area contributed by atoms with E-state index in [4.69, 9.17) is 10.5 Å². The van der Waals surface area contributed by atoms with Gasteiger partial charge in [0.2, 0.25) is 5.91 Å². The van der Waals surface area contributed by atoms with Crippen LogP contribution in [0.3, 0.4) is 0 Å². The van der Waals surface area contributed by atoms with E-state index in [0.717, 1.165) is 31.5 Å². The highest BCUT2D eigenvalue weighted by Crippen LogP contribution is 2.27. The molecule has 1 unspecified atom stereocenters. The third-order valence-electron chi connectivity index (χ3n) is 3.56. The smallest absolute Gasteiger partial charge is 0.243 e. The molecule has 0 spiro atoms. The third-order valence-corrected chi connectivity index (χ3v) is 3.56. The Labute approximate surface area is 114 Å². The van der Waals surface area contributed by atoms with Gasteiger partial charge in [-0.1, -0.05) is 18.2 Å². The van der Waals surface area contributed by atoms with Crippen LogP contribution in [0.1, 0.15) is 24.8 Å². The van der Waals surface area contributed by atoms with Crippen LogP contribution in [-0.4, -0.2) is 32.2 Å². The molecule has 1 aliphatic rings. The van der Waals surface area contributed by atoms with Crippen LogP contribution in [-0.2, 0) is 16.0 Å². The number of carbonyl (C=O) groups is 1. The summed E-state index contributed by atoms with van der Waals surface area (Å²) in [5.74, 6) is 0.0308. The number of amides is 1. The Morgan fingerprint density at radius 2 is 2.26 bits per heavy atom. The van der Waals surface area contributed by atoms with Crippen LogP contribution in [0.15, 0.2) is 24.3 Å². The SMILES string of the molecule is COCCCC(N)C(=O)N1CCCc2ccccc21.